The van der Waals surface area contributed by atoms with E-state index < -0.39 is 41.4 Å². The van der Waals surface area contributed by atoms with E-state index in [0.29, 0.717) is 0 Å². The fourth-order valence-corrected chi connectivity index (χ4v) is 2.59. The maximum absolute atomic E-state index is 12.2. The van der Waals surface area contributed by atoms with Crippen molar-refractivity contribution in [3.63, 3.8) is 0 Å². The number of rotatable bonds is 5. The van der Waals surface area contributed by atoms with Crippen molar-refractivity contribution in [2.75, 3.05) is 13.1 Å². The lowest BCUT2D eigenvalue weighted by Gasteiger charge is -2.26. The lowest BCUT2D eigenvalue weighted by Crippen LogP contribution is -2.44. The van der Waals surface area contributed by atoms with Crippen LogP contribution < -0.4 is 10.6 Å². The monoisotopic (exact) mass is 401 g/mol. The third kappa shape index (κ3) is 8.45. The molecule has 0 aromatic carbocycles. The summed E-state index contributed by atoms with van der Waals surface area (Å²) in [7, 11) is 0. The Kier molecular flexibility index (Phi) is 7.66. The Bertz CT molecular complexity index is 607. The number of alkyl carbamates (subject to hydrolysis) is 1. The van der Waals surface area contributed by atoms with Crippen molar-refractivity contribution in [3.05, 3.63) is 0 Å². The number of likely N-dealkylation sites (tertiary alicyclic amines) is 1. The highest BCUT2D eigenvalue weighted by Gasteiger charge is 2.42. The molecule has 0 bridgehead atoms. The highest BCUT2D eigenvalue weighted by atomic mass is 16.6. The second-order valence-electron chi connectivity index (χ2n) is 8.67. The van der Waals surface area contributed by atoms with E-state index in [2.05, 4.69) is 10.6 Å². The van der Waals surface area contributed by atoms with Gasteiger partial charge in [-0.3, -0.25) is 9.69 Å². The first-order valence-corrected chi connectivity index (χ1v) is 9.16. The molecule has 28 heavy (non-hydrogen) atoms. The molecule has 160 valence electrons. The number of carboxylic acid groups (broad SMARTS) is 1. The lowest BCUT2D eigenvalue weighted by molar-refractivity contribution is -0.142. The molecule has 3 amide bonds. The van der Waals surface area contributed by atoms with E-state index in [-0.39, 0.29) is 31.8 Å². The molecule has 10 nitrogen and oxygen atoms in total. The summed E-state index contributed by atoms with van der Waals surface area (Å²) in [6, 6.07) is -1.58. The molecule has 2 atom stereocenters. The van der Waals surface area contributed by atoms with Gasteiger partial charge in [0.05, 0.1) is 0 Å². The highest BCUT2D eigenvalue weighted by Crippen LogP contribution is 2.21. The normalized spacial score (nSPS) is 19.7. The molecule has 0 aliphatic carbocycles. The van der Waals surface area contributed by atoms with Crippen LogP contribution in [0.2, 0.25) is 0 Å². The number of carbonyl (C=O) groups excluding carboxylic acids is 3. The third-order valence-corrected chi connectivity index (χ3v) is 3.60. The van der Waals surface area contributed by atoms with Crippen molar-refractivity contribution in [1.29, 1.82) is 0 Å². The molecule has 10 heteroatoms. The SMILES string of the molecule is CC(C)(C)OC(=O)NCCC(=O)NC1C[C@H](C(=O)O)N(C(=O)OC(C)(C)C)C1. The van der Waals surface area contributed by atoms with Gasteiger partial charge < -0.3 is 25.2 Å². The van der Waals surface area contributed by atoms with Crippen LogP contribution in [0.5, 0.6) is 0 Å². The van der Waals surface area contributed by atoms with Gasteiger partial charge in [0.25, 0.3) is 0 Å². The largest absolute Gasteiger partial charge is 0.480 e. The van der Waals surface area contributed by atoms with Gasteiger partial charge in [-0.1, -0.05) is 0 Å². The number of ether oxygens (including phenoxy) is 2. The summed E-state index contributed by atoms with van der Waals surface area (Å²) in [5.41, 5.74) is -1.39. The molecule has 1 saturated heterocycles. The average molecular weight is 401 g/mol. The average Bonchev–Trinajstić information content (AvgIpc) is 2.87. The molecule has 0 aromatic heterocycles. The molecular formula is C18H31N3O7. The smallest absolute Gasteiger partial charge is 0.411 e. The van der Waals surface area contributed by atoms with Gasteiger partial charge in [0.2, 0.25) is 5.91 Å². The molecule has 0 saturated carbocycles. The van der Waals surface area contributed by atoms with Gasteiger partial charge >= 0.3 is 18.2 Å². The number of carbonyl (C=O) groups is 4. The number of hydrogen-bond acceptors (Lipinski definition) is 6. The van der Waals surface area contributed by atoms with Gasteiger partial charge in [0, 0.05) is 32.0 Å². The van der Waals surface area contributed by atoms with Crippen LogP contribution in [0.1, 0.15) is 54.4 Å². The third-order valence-electron chi connectivity index (χ3n) is 3.60. The molecule has 0 spiro atoms. The van der Waals surface area contributed by atoms with E-state index >= 15 is 0 Å². The maximum atomic E-state index is 12.2. The predicted molar refractivity (Wildman–Crippen MR) is 99.8 cm³/mol. The number of aliphatic carboxylic acids is 1. The molecule has 3 N–H and O–H groups in total. The Morgan fingerprint density at radius 2 is 1.61 bits per heavy atom. The quantitative estimate of drug-likeness (QED) is 0.635. The zero-order valence-corrected chi connectivity index (χ0v) is 17.3. The molecular weight excluding hydrogens is 370 g/mol. The highest BCUT2D eigenvalue weighted by molar-refractivity contribution is 5.82. The summed E-state index contributed by atoms with van der Waals surface area (Å²) in [5.74, 6) is -1.52. The van der Waals surface area contributed by atoms with Gasteiger partial charge in [-0.05, 0) is 41.5 Å². The van der Waals surface area contributed by atoms with Crippen LogP contribution in [0.3, 0.4) is 0 Å². The summed E-state index contributed by atoms with van der Waals surface area (Å²) >= 11 is 0. The Morgan fingerprint density at radius 1 is 1.04 bits per heavy atom. The second-order valence-corrected chi connectivity index (χ2v) is 8.67. The van der Waals surface area contributed by atoms with Gasteiger partial charge in [0.1, 0.15) is 17.2 Å². The van der Waals surface area contributed by atoms with Crippen molar-refractivity contribution in [1.82, 2.24) is 15.5 Å². The Labute approximate surface area is 164 Å². The summed E-state index contributed by atoms with van der Waals surface area (Å²) in [6.07, 6.45) is -1.27. The van der Waals surface area contributed by atoms with E-state index in [4.69, 9.17) is 9.47 Å². The zero-order valence-electron chi connectivity index (χ0n) is 17.3. The molecule has 1 rings (SSSR count). The van der Waals surface area contributed by atoms with Crippen molar-refractivity contribution in [2.24, 2.45) is 0 Å². The minimum atomic E-state index is -1.16. The van der Waals surface area contributed by atoms with Crippen LogP contribution >= 0.6 is 0 Å². The first-order chi connectivity index (χ1) is 12.7. The maximum Gasteiger partial charge on any atom is 0.411 e. The Hall–Kier alpha value is -2.52. The van der Waals surface area contributed by atoms with E-state index in [1.165, 1.54) is 0 Å². The van der Waals surface area contributed by atoms with Crippen LogP contribution in [-0.2, 0) is 19.1 Å². The minimum absolute atomic E-state index is 0.0000809. The topological polar surface area (TPSA) is 134 Å². The van der Waals surface area contributed by atoms with E-state index in [1.54, 1.807) is 41.5 Å². The van der Waals surface area contributed by atoms with Crippen LogP contribution in [0.25, 0.3) is 0 Å². The summed E-state index contributed by atoms with van der Waals surface area (Å²) in [4.78, 5) is 48.4. The van der Waals surface area contributed by atoms with Crippen LogP contribution in [0.4, 0.5) is 9.59 Å². The molecule has 0 aromatic rings. The minimum Gasteiger partial charge on any atom is -0.480 e. The van der Waals surface area contributed by atoms with Crippen molar-refractivity contribution < 1.29 is 33.8 Å². The van der Waals surface area contributed by atoms with Crippen molar-refractivity contribution in [3.8, 4) is 0 Å². The van der Waals surface area contributed by atoms with Crippen LogP contribution in [0.15, 0.2) is 0 Å². The van der Waals surface area contributed by atoms with Crippen molar-refractivity contribution >= 4 is 24.1 Å². The van der Waals surface area contributed by atoms with Gasteiger partial charge in [-0.25, -0.2) is 14.4 Å². The number of nitrogens with zero attached hydrogens (tertiary/aromatic N) is 1. The molecule has 1 heterocycles. The van der Waals surface area contributed by atoms with E-state index in [1.807, 2.05) is 0 Å². The van der Waals surface area contributed by atoms with Crippen LogP contribution in [-0.4, -0.2) is 70.4 Å². The second kappa shape index (κ2) is 9.11. The first kappa shape index (κ1) is 23.5. The fraction of sp³-hybridized carbons (Fsp3) is 0.778. The van der Waals surface area contributed by atoms with Crippen molar-refractivity contribution in [2.45, 2.75) is 77.7 Å². The molecule has 1 fully saturated rings. The van der Waals surface area contributed by atoms with E-state index in [9.17, 15) is 24.3 Å². The standard InChI is InChI=1S/C18H31N3O7/c1-17(2,3)27-15(25)19-8-7-13(22)20-11-9-12(14(23)24)21(10-11)16(26)28-18(4,5)6/h11-12H,7-10H2,1-6H3,(H,19,25)(H,20,22)(H,23,24)/t11?,12-/m1/s1. The summed E-state index contributed by atoms with van der Waals surface area (Å²) in [5, 5.41) is 14.5. The number of amides is 3. The molecule has 1 aliphatic rings. The number of hydrogen-bond donors (Lipinski definition) is 3. The first-order valence-electron chi connectivity index (χ1n) is 9.16. The summed E-state index contributed by atoms with van der Waals surface area (Å²) in [6.45, 7) is 10.4. The zero-order chi connectivity index (χ0) is 21.7. The van der Waals surface area contributed by atoms with Gasteiger partial charge in [-0.15, -0.1) is 0 Å². The lowest BCUT2D eigenvalue weighted by atomic mass is 10.1. The van der Waals surface area contributed by atoms with E-state index in [0.717, 1.165) is 4.90 Å². The van der Waals surface area contributed by atoms with Gasteiger partial charge in [0.15, 0.2) is 0 Å². The number of nitrogens with one attached hydrogen (secondary N) is 2. The van der Waals surface area contributed by atoms with Crippen LogP contribution in [0, 0.1) is 0 Å². The molecule has 1 aliphatic heterocycles. The summed E-state index contributed by atoms with van der Waals surface area (Å²) < 4.78 is 10.3. The fourth-order valence-electron chi connectivity index (χ4n) is 2.59. The molecule has 0 radical (unpaired) electrons. The van der Waals surface area contributed by atoms with Gasteiger partial charge in [-0.2, -0.15) is 0 Å². The Balaban J connectivity index is 2.51. The molecule has 1 unspecified atom stereocenters. The predicted octanol–water partition coefficient (Wildman–Crippen LogP) is 1.48. The number of carboxylic acids is 1. The Morgan fingerprint density at radius 3 is 2.11 bits per heavy atom.